The Bertz CT molecular complexity index is 964. The van der Waals surface area contributed by atoms with Crippen molar-refractivity contribution in [1.82, 2.24) is 5.32 Å². The predicted octanol–water partition coefficient (Wildman–Crippen LogP) is 5.36. The van der Waals surface area contributed by atoms with E-state index < -0.39 is 29.2 Å². The fourth-order valence-electron chi connectivity index (χ4n) is 4.36. The molecule has 1 aromatic carbocycles. The summed E-state index contributed by atoms with van der Waals surface area (Å²) < 4.78 is 38.2. The number of carbonyl (C=O) groups excluding carboxylic acids is 2. The summed E-state index contributed by atoms with van der Waals surface area (Å²) in [5.74, 6) is -0.538. The van der Waals surface area contributed by atoms with Crippen LogP contribution in [0.3, 0.4) is 0 Å². The third-order valence-electron chi connectivity index (χ3n) is 5.89. The largest absolute Gasteiger partial charge is 0.444 e. The van der Waals surface area contributed by atoms with Crippen LogP contribution >= 0.6 is 0 Å². The molecule has 0 spiro atoms. The quantitative estimate of drug-likeness (QED) is 0.518. The number of anilines is 2. The summed E-state index contributed by atoms with van der Waals surface area (Å²) in [5.41, 5.74) is -0.224. The standard InChI is InChI=1S/C27H42FN3O6/c1-16-13-31(14-17(2)35-16)21-12-18(11-20(23(21)28)30-25(33)37-27(6,7)8)15-34-22-10-9-19(22)29-24(32)36-26(3,4)5/h11-12,16-17,19,22H,9-10,13-15H2,1-8H3,(H,29,32)(H,30,33)/t16-,17+,19-,22-/m1/s1. The van der Waals surface area contributed by atoms with Crippen molar-refractivity contribution < 1.29 is 32.9 Å². The van der Waals surface area contributed by atoms with Gasteiger partial charge in [0.15, 0.2) is 5.82 Å². The number of halogens is 1. The fraction of sp³-hybridized carbons (Fsp3) is 0.704. The van der Waals surface area contributed by atoms with E-state index in [1.807, 2.05) is 39.5 Å². The Kier molecular flexibility index (Phi) is 8.95. The van der Waals surface area contributed by atoms with Crippen LogP contribution in [0.4, 0.5) is 25.4 Å². The molecule has 37 heavy (non-hydrogen) atoms. The van der Waals surface area contributed by atoms with E-state index in [-0.39, 0.29) is 36.6 Å². The van der Waals surface area contributed by atoms with Crippen LogP contribution in [-0.4, -0.2) is 60.8 Å². The molecule has 1 saturated carbocycles. The Labute approximate surface area is 219 Å². The maximum atomic E-state index is 15.6. The van der Waals surface area contributed by atoms with Crippen LogP contribution in [0.25, 0.3) is 0 Å². The number of hydrogen-bond donors (Lipinski definition) is 2. The normalized spacial score (nSPS) is 24.2. The highest BCUT2D eigenvalue weighted by Crippen LogP contribution is 2.32. The topological polar surface area (TPSA) is 98.4 Å². The first-order valence-electron chi connectivity index (χ1n) is 12.9. The van der Waals surface area contributed by atoms with Crippen LogP contribution in [0.5, 0.6) is 0 Å². The van der Waals surface area contributed by atoms with Crippen molar-refractivity contribution in [3.63, 3.8) is 0 Å². The molecular formula is C27H42FN3O6. The molecule has 0 aromatic heterocycles. The molecule has 208 valence electrons. The zero-order valence-corrected chi connectivity index (χ0v) is 23.3. The van der Waals surface area contributed by atoms with Crippen molar-refractivity contribution in [3.05, 3.63) is 23.5 Å². The van der Waals surface area contributed by atoms with Gasteiger partial charge < -0.3 is 29.2 Å². The highest BCUT2D eigenvalue weighted by Gasteiger charge is 2.34. The molecule has 2 N–H and O–H groups in total. The maximum absolute atomic E-state index is 15.6. The molecule has 1 aromatic rings. The van der Waals surface area contributed by atoms with Crippen LogP contribution in [-0.2, 0) is 25.6 Å². The molecule has 9 nitrogen and oxygen atoms in total. The van der Waals surface area contributed by atoms with Crippen molar-refractivity contribution in [3.8, 4) is 0 Å². The van der Waals surface area contributed by atoms with Gasteiger partial charge in [0, 0.05) is 13.1 Å². The van der Waals surface area contributed by atoms with Gasteiger partial charge in [-0.05, 0) is 85.9 Å². The third kappa shape index (κ3) is 8.74. The Balaban J connectivity index is 1.75. The van der Waals surface area contributed by atoms with Gasteiger partial charge in [0.1, 0.15) is 11.2 Å². The van der Waals surface area contributed by atoms with Crippen molar-refractivity contribution >= 4 is 23.6 Å². The van der Waals surface area contributed by atoms with Gasteiger partial charge in [-0.1, -0.05) is 0 Å². The molecule has 10 heteroatoms. The van der Waals surface area contributed by atoms with Crippen LogP contribution in [0.1, 0.15) is 73.8 Å². The van der Waals surface area contributed by atoms with Gasteiger partial charge in [0.25, 0.3) is 0 Å². The van der Waals surface area contributed by atoms with Crippen molar-refractivity contribution in [2.24, 2.45) is 0 Å². The molecule has 0 bridgehead atoms. The molecule has 2 amide bonds. The number of nitrogens with one attached hydrogen (secondary N) is 2. The van der Waals surface area contributed by atoms with E-state index in [4.69, 9.17) is 18.9 Å². The first-order valence-corrected chi connectivity index (χ1v) is 12.9. The van der Waals surface area contributed by atoms with E-state index in [1.54, 1.807) is 32.9 Å². The zero-order valence-electron chi connectivity index (χ0n) is 23.3. The summed E-state index contributed by atoms with van der Waals surface area (Å²) in [6.07, 6.45) is 0.0320. The second-order valence-corrected chi connectivity index (χ2v) is 11.9. The fourth-order valence-corrected chi connectivity index (χ4v) is 4.36. The first-order chi connectivity index (χ1) is 17.1. The SMILES string of the molecule is C[C@@H]1CN(c2cc(CO[C@@H]3CC[C@H]3NC(=O)OC(C)(C)C)cc(NC(=O)OC(C)(C)C)c2F)C[C@H](C)O1. The second-order valence-electron chi connectivity index (χ2n) is 11.9. The number of nitrogens with zero attached hydrogens (tertiary/aromatic N) is 1. The smallest absolute Gasteiger partial charge is 0.412 e. The van der Waals surface area contributed by atoms with Gasteiger partial charge in [-0.25, -0.2) is 14.0 Å². The summed E-state index contributed by atoms with van der Waals surface area (Å²) in [6, 6.07) is 3.15. The van der Waals surface area contributed by atoms with Crippen molar-refractivity contribution in [1.29, 1.82) is 0 Å². The molecule has 1 saturated heterocycles. The number of carbonyl (C=O) groups is 2. The lowest BCUT2D eigenvalue weighted by atomic mass is 9.89. The van der Waals surface area contributed by atoms with E-state index in [0.29, 0.717) is 24.3 Å². The van der Waals surface area contributed by atoms with E-state index in [9.17, 15) is 9.59 Å². The maximum Gasteiger partial charge on any atom is 0.412 e. The molecule has 4 atom stereocenters. The summed E-state index contributed by atoms with van der Waals surface area (Å²) in [7, 11) is 0. The average molecular weight is 524 g/mol. The zero-order chi connectivity index (χ0) is 27.5. The van der Waals surface area contributed by atoms with Crippen LogP contribution in [0, 0.1) is 5.82 Å². The van der Waals surface area contributed by atoms with Crippen LogP contribution < -0.4 is 15.5 Å². The van der Waals surface area contributed by atoms with E-state index in [0.717, 1.165) is 12.8 Å². The summed E-state index contributed by atoms with van der Waals surface area (Å²) in [6.45, 7) is 15.8. The Morgan fingerprint density at radius 1 is 1.00 bits per heavy atom. The minimum absolute atomic E-state index is 0.0224. The number of ether oxygens (including phenoxy) is 4. The van der Waals surface area contributed by atoms with Crippen molar-refractivity contribution in [2.75, 3.05) is 23.3 Å². The van der Waals surface area contributed by atoms with E-state index in [2.05, 4.69) is 10.6 Å². The van der Waals surface area contributed by atoms with Gasteiger partial charge >= 0.3 is 12.2 Å². The molecule has 3 rings (SSSR count). The minimum atomic E-state index is -0.736. The van der Waals surface area contributed by atoms with Gasteiger partial charge in [0.2, 0.25) is 0 Å². The number of alkyl carbamates (subject to hydrolysis) is 1. The molecule has 1 aliphatic heterocycles. The van der Waals surface area contributed by atoms with Gasteiger partial charge in [-0.3, -0.25) is 5.32 Å². The Hall–Kier alpha value is -2.59. The third-order valence-corrected chi connectivity index (χ3v) is 5.89. The number of amides is 2. The number of hydrogen-bond acceptors (Lipinski definition) is 7. The van der Waals surface area contributed by atoms with Gasteiger partial charge in [-0.2, -0.15) is 0 Å². The Morgan fingerprint density at radius 3 is 2.14 bits per heavy atom. The van der Waals surface area contributed by atoms with Crippen LogP contribution in [0.15, 0.2) is 12.1 Å². The molecule has 1 heterocycles. The summed E-state index contributed by atoms with van der Waals surface area (Å²) >= 11 is 0. The molecule has 2 aliphatic rings. The minimum Gasteiger partial charge on any atom is -0.444 e. The number of morpholine rings is 1. The summed E-state index contributed by atoms with van der Waals surface area (Å²) in [4.78, 5) is 26.5. The van der Waals surface area contributed by atoms with Gasteiger partial charge in [0.05, 0.1) is 42.3 Å². The molecule has 2 fully saturated rings. The Morgan fingerprint density at radius 2 is 1.59 bits per heavy atom. The lowest BCUT2D eigenvalue weighted by molar-refractivity contribution is -0.0391. The van der Waals surface area contributed by atoms with Crippen LogP contribution in [0.2, 0.25) is 0 Å². The summed E-state index contributed by atoms with van der Waals surface area (Å²) in [5, 5.41) is 5.42. The monoisotopic (exact) mass is 523 g/mol. The molecular weight excluding hydrogens is 481 g/mol. The van der Waals surface area contributed by atoms with E-state index >= 15 is 4.39 Å². The van der Waals surface area contributed by atoms with E-state index in [1.165, 1.54) is 0 Å². The number of benzene rings is 1. The second kappa shape index (κ2) is 11.4. The molecule has 0 unspecified atom stereocenters. The first kappa shape index (κ1) is 29.0. The lowest BCUT2D eigenvalue weighted by Gasteiger charge is -2.38. The predicted molar refractivity (Wildman–Crippen MR) is 139 cm³/mol. The highest BCUT2D eigenvalue weighted by atomic mass is 19.1. The highest BCUT2D eigenvalue weighted by molar-refractivity contribution is 5.86. The lowest BCUT2D eigenvalue weighted by Crippen LogP contribution is -2.52. The molecule has 0 radical (unpaired) electrons. The molecule has 1 aliphatic carbocycles. The van der Waals surface area contributed by atoms with Gasteiger partial charge in [-0.15, -0.1) is 0 Å². The van der Waals surface area contributed by atoms with Crippen molar-refractivity contribution in [2.45, 2.75) is 110 Å². The number of rotatable bonds is 6. The average Bonchev–Trinajstić information content (AvgIpc) is 2.70.